The van der Waals surface area contributed by atoms with Crippen molar-refractivity contribution < 1.29 is 4.74 Å². The van der Waals surface area contributed by atoms with Crippen LogP contribution in [0.25, 0.3) is 0 Å². The number of nitrogens with zero attached hydrogens (tertiary/aromatic N) is 2. The molecule has 0 aliphatic rings. The van der Waals surface area contributed by atoms with Crippen LogP contribution in [-0.2, 0) is 4.74 Å². The topological polar surface area (TPSA) is 61.0 Å². The van der Waals surface area contributed by atoms with Gasteiger partial charge in [-0.2, -0.15) is 0 Å². The predicted molar refractivity (Wildman–Crippen MR) is 57.4 cm³/mol. The van der Waals surface area contributed by atoms with Crippen molar-refractivity contribution in [3.63, 3.8) is 0 Å². The molecule has 4 nitrogen and oxygen atoms in total. The molecule has 1 aromatic rings. The Morgan fingerprint density at radius 1 is 1.50 bits per heavy atom. The van der Waals surface area contributed by atoms with E-state index in [1.165, 1.54) is 11.5 Å². The van der Waals surface area contributed by atoms with Crippen molar-refractivity contribution >= 4 is 11.5 Å². The second kappa shape index (κ2) is 5.38. The van der Waals surface area contributed by atoms with Gasteiger partial charge in [0.05, 0.1) is 23.2 Å². The van der Waals surface area contributed by atoms with Crippen molar-refractivity contribution in [2.75, 3.05) is 13.2 Å². The largest absolute Gasteiger partial charge is 0.380 e. The van der Waals surface area contributed by atoms with Gasteiger partial charge in [0.2, 0.25) is 0 Å². The molecule has 0 spiro atoms. The number of nitrogens with two attached hydrogens (primary N) is 1. The van der Waals surface area contributed by atoms with Gasteiger partial charge in [0.15, 0.2) is 0 Å². The summed E-state index contributed by atoms with van der Waals surface area (Å²) < 4.78 is 9.21. The van der Waals surface area contributed by atoms with Crippen LogP contribution < -0.4 is 5.73 Å². The molecular formula is C9H17N3OS. The van der Waals surface area contributed by atoms with Crippen molar-refractivity contribution in [3.05, 3.63) is 10.6 Å². The molecule has 0 aromatic carbocycles. The van der Waals surface area contributed by atoms with Crippen LogP contribution in [0.5, 0.6) is 0 Å². The number of hydrogen-bond acceptors (Lipinski definition) is 5. The standard InChI is InChI=1S/C9H17N3OS/c1-4-13-5-7(10)9-8(6(2)3)11-12-14-9/h6-7H,4-5,10H2,1-3H3. The quantitative estimate of drug-likeness (QED) is 0.812. The smallest absolute Gasteiger partial charge is 0.0829 e. The van der Waals surface area contributed by atoms with Gasteiger partial charge in [0.1, 0.15) is 0 Å². The van der Waals surface area contributed by atoms with E-state index in [1.807, 2.05) is 6.92 Å². The molecule has 14 heavy (non-hydrogen) atoms. The normalized spacial score (nSPS) is 13.5. The maximum atomic E-state index is 5.97. The Labute approximate surface area is 88.6 Å². The van der Waals surface area contributed by atoms with Crippen LogP contribution in [-0.4, -0.2) is 22.8 Å². The van der Waals surface area contributed by atoms with E-state index >= 15 is 0 Å². The number of ether oxygens (including phenoxy) is 1. The summed E-state index contributed by atoms with van der Waals surface area (Å²) >= 11 is 1.37. The Hall–Kier alpha value is -0.520. The van der Waals surface area contributed by atoms with E-state index in [2.05, 4.69) is 23.4 Å². The lowest BCUT2D eigenvalue weighted by Gasteiger charge is -2.11. The van der Waals surface area contributed by atoms with Gasteiger partial charge in [0.25, 0.3) is 0 Å². The van der Waals surface area contributed by atoms with Crippen LogP contribution in [0, 0.1) is 0 Å². The molecule has 0 bridgehead atoms. The molecule has 0 fully saturated rings. The molecule has 0 saturated carbocycles. The van der Waals surface area contributed by atoms with Crippen LogP contribution in [0.3, 0.4) is 0 Å². The Bertz CT molecular complexity index is 275. The summed E-state index contributed by atoms with van der Waals surface area (Å²) in [5.41, 5.74) is 6.97. The van der Waals surface area contributed by atoms with Crippen molar-refractivity contribution in [1.29, 1.82) is 0 Å². The van der Waals surface area contributed by atoms with E-state index in [0.29, 0.717) is 19.1 Å². The zero-order chi connectivity index (χ0) is 10.6. The summed E-state index contributed by atoms with van der Waals surface area (Å²) in [4.78, 5) is 1.05. The Kier molecular flexibility index (Phi) is 4.44. The first-order valence-electron chi connectivity index (χ1n) is 4.82. The number of hydrogen-bond donors (Lipinski definition) is 1. The lowest BCUT2D eigenvalue weighted by atomic mass is 10.1. The van der Waals surface area contributed by atoms with Gasteiger partial charge in [-0.05, 0) is 24.4 Å². The molecule has 5 heteroatoms. The molecule has 1 aromatic heterocycles. The minimum Gasteiger partial charge on any atom is -0.380 e. The Balaban J connectivity index is 2.68. The molecular weight excluding hydrogens is 198 g/mol. The Morgan fingerprint density at radius 2 is 2.21 bits per heavy atom. The maximum Gasteiger partial charge on any atom is 0.0829 e. The summed E-state index contributed by atoms with van der Waals surface area (Å²) in [7, 11) is 0. The summed E-state index contributed by atoms with van der Waals surface area (Å²) in [6, 6.07) is -0.0904. The summed E-state index contributed by atoms with van der Waals surface area (Å²) in [6.45, 7) is 7.37. The SMILES string of the molecule is CCOCC(N)c1snnc1C(C)C. The van der Waals surface area contributed by atoms with Gasteiger partial charge in [-0.15, -0.1) is 5.10 Å². The number of aromatic nitrogens is 2. The van der Waals surface area contributed by atoms with Gasteiger partial charge in [-0.3, -0.25) is 0 Å². The van der Waals surface area contributed by atoms with Crippen LogP contribution >= 0.6 is 11.5 Å². The van der Waals surface area contributed by atoms with E-state index in [1.54, 1.807) is 0 Å². The van der Waals surface area contributed by atoms with Crippen LogP contribution in [0.4, 0.5) is 0 Å². The molecule has 1 rings (SSSR count). The highest BCUT2D eigenvalue weighted by Crippen LogP contribution is 2.24. The lowest BCUT2D eigenvalue weighted by Crippen LogP contribution is -2.17. The highest BCUT2D eigenvalue weighted by Gasteiger charge is 2.17. The molecule has 1 unspecified atom stereocenters. The van der Waals surface area contributed by atoms with Gasteiger partial charge >= 0.3 is 0 Å². The minimum absolute atomic E-state index is 0.0904. The first kappa shape index (κ1) is 11.6. The van der Waals surface area contributed by atoms with E-state index in [-0.39, 0.29) is 6.04 Å². The third kappa shape index (κ3) is 2.73. The molecule has 1 heterocycles. The summed E-state index contributed by atoms with van der Waals surface area (Å²) in [5.74, 6) is 0.372. The van der Waals surface area contributed by atoms with Crippen molar-refractivity contribution in [2.24, 2.45) is 5.73 Å². The van der Waals surface area contributed by atoms with Crippen molar-refractivity contribution in [2.45, 2.75) is 32.7 Å². The van der Waals surface area contributed by atoms with Crippen LogP contribution in [0.2, 0.25) is 0 Å². The fourth-order valence-corrected chi connectivity index (χ4v) is 1.97. The van der Waals surface area contributed by atoms with Crippen LogP contribution in [0.15, 0.2) is 0 Å². The first-order chi connectivity index (χ1) is 6.66. The van der Waals surface area contributed by atoms with E-state index in [4.69, 9.17) is 10.5 Å². The molecule has 2 N–H and O–H groups in total. The third-order valence-corrected chi connectivity index (χ3v) is 2.80. The minimum atomic E-state index is -0.0904. The monoisotopic (exact) mass is 215 g/mol. The van der Waals surface area contributed by atoms with Crippen molar-refractivity contribution in [3.8, 4) is 0 Å². The fourth-order valence-electron chi connectivity index (χ4n) is 1.18. The molecule has 0 aliphatic heterocycles. The molecule has 0 saturated heterocycles. The zero-order valence-corrected chi connectivity index (χ0v) is 9.67. The highest BCUT2D eigenvalue weighted by molar-refractivity contribution is 7.05. The highest BCUT2D eigenvalue weighted by atomic mass is 32.1. The average molecular weight is 215 g/mol. The fraction of sp³-hybridized carbons (Fsp3) is 0.778. The zero-order valence-electron chi connectivity index (χ0n) is 8.86. The summed E-state index contributed by atoms with van der Waals surface area (Å²) in [5, 5.41) is 4.08. The van der Waals surface area contributed by atoms with Crippen LogP contribution in [0.1, 0.15) is 43.3 Å². The molecule has 0 amide bonds. The second-order valence-corrected chi connectivity index (χ2v) is 4.23. The second-order valence-electron chi connectivity index (χ2n) is 3.44. The van der Waals surface area contributed by atoms with Gasteiger partial charge in [0, 0.05) is 6.61 Å². The van der Waals surface area contributed by atoms with E-state index in [0.717, 1.165) is 10.6 Å². The lowest BCUT2D eigenvalue weighted by molar-refractivity contribution is 0.134. The first-order valence-corrected chi connectivity index (χ1v) is 5.59. The van der Waals surface area contributed by atoms with Crippen molar-refractivity contribution in [1.82, 2.24) is 9.59 Å². The maximum absolute atomic E-state index is 5.97. The van der Waals surface area contributed by atoms with E-state index < -0.39 is 0 Å². The third-order valence-electron chi connectivity index (χ3n) is 1.93. The predicted octanol–water partition coefficient (Wildman–Crippen LogP) is 1.70. The van der Waals surface area contributed by atoms with Gasteiger partial charge < -0.3 is 10.5 Å². The molecule has 1 atom stereocenters. The number of rotatable bonds is 5. The van der Waals surface area contributed by atoms with Gasteiger partial charge in [-0.25, -0.2) is 0 Å². The van der Waals surface area contributed by atoms with Gasteiger partial charge in [-0.1, -0.05) is 18.3 Å². The Morgan fingerprint density at radius 3 is 2.79 bits per heavy atom. The van der Waals surface area contributed by atoms with E-state index in [9.17, 15) is 0 Å². The molecule has 80 valence electrons. The summed E-state index contributed by atoms with van der Waals surface area (Å²) in [6.07, 6.45) is 0. The average Bonchev–Trinajstić information content (AvgIpc) is 2.62. The molecule has 0 aliphatic carbocycles. The molecule has 0 radical (unpaired) electrons.